The second kappa shape index (κ2) is 4.98. The van der Waals surface area contributed by atoms with Crippen LogP contribution in [0.3, 0.4) is 0 Å². The first kappa shape index (κ1) is 10.2. The van der Waals surface area contributed by atoms with E-state index in [1.54, 1.807) is 0 Å². The summed E-state index contributed by atoms with van der Waals surface area (Å²) in [6, 6.07) is 5.79. The van der Waals surface area contributed by atoms with Gasteiger partial charge in [-0.2, -0.15) is 0 Å². The van der Waals surface area contributed by atoms with Gasteiger partial charge in [-0.25, -0.2) is 0 Å². The van der Waals surface area contributed by atoms with E-state index in [0.717, 1.165) is 17.1 Å². The molecule has 1 aromatic rings. The van der Waals surface area contributed by atoms with Gasteiger partial charge in [0.15, 0.2) is 11.5 Å². The lowest BCUT2D eigenvalue weighted by molar-refractivity contribution is 0.173. The number of ether oxygens (including phenoxy) is 2. The normalized spacial score (nSPS) is 13.1. The lowest BCUT2D eigenvalue weighted by Gasteiger charge is -2.06. The van der Waals surface area contributed by atoms with E-state index in [-0.39, 0.29) is 13.5 Å². The minimum absolute atomic E-state index is 0.278. The molecule has 0 bridgehead atoms. The number of alkyl halides is 1. The van der Waals surface area contributed by atoms with Crippen molar-refractivity contribution in [3.05, 3.63) is 23.8 Å². The van der Waals surface area contributed by atoms with E-state index in [1.807, 2.05) is 18.2 Å². The van der Waals surface area contributed by atoms with Crippen molar-refractivity contribution in [2.45, 2.75) is 13.0 Å². The average molecular weight is 211 g/mol. The van der Waals surface area contributed by atoms with Crippen LogP contribution in [-0.4, -0.2) is 20.0 Å². The van der Waals surface area contributed by atoms with Gasteiger partial charge < -0.3 is 14.8 Å². The van der Waals surface area contributed by atoms with E-state index in [1.165, 1.54) is 0 Å². The maximum atomic E-state index is 11.9. The monoisotopic (exact) mass is 211 g/mol. The zero-order valence-corrected chi connectivity index (χ0v) is 8.46. The Morgan fingerprint density at radius 2 is 2.27 bits per heavy atom. The molecule has 0 aliphatic carbocycles. The number of hydrogen-bond donors (Lipinski definition) is 1. The molecule has 0 radical (unpaired) electrons. The summed E-state index contributed by atoms with van der Waals surface area (Å²) < 4.78 is 22.5. The molecule has 1 heterocycles. The van der Waals surface area contributed by atoms with Crippen molar-refractivity contribution in [1.82, 2.24) is 5.32 Å². The summed E-state index contributed by atoms with van der Waals surface area (Å²) in [5.41, 5.74) is 1.06. The molecule has 1 N–H and O–H groups in total. The number of nitrogens with one attached hydrogen (secondary N) is 1. The third kappa shape index (κ3) is 2.39. The minimum Gasteiger partial charge on any atom is -0.454 e. The summed E-state index contributed by atoms with van der Waals surface area (Å²) in [4.78, 5) is 0. The Balaban J connectivity index is 1.94. The minimum atomic E-state index is -0.278. The molecular weight excluding hydrogens is 197 g/mol. The molecule has 3 nitrogen and oxygen atoms in total. The van der Waals surface area contributed by atoms with Gasteiger partial charge in [-0.3, -0.25) is 4.39 Å². The molecule has 1 aliphatic heterocycles. The van der Waals surface area contributed by atoms with Gasteiger partial charge in [-0.15, -0.1) is 0 Å². The van der Waals surface area contributed by atoms with Crippen LogP contribution < -0.4 is 14.8 Å². The zero-order valence-electron chi connectivity index (χ0n) is 8.46. The molecule has 1 aromatic carbocycles. The van der Waals surface area contributed by atoms with E-state index in [9.17, 15) is 4.39 Å². The van der Waals surface area contributed by atoms with Gasteiger partial charge in [0.2, 0.25) is 6.79 Å². The van der Waals surface area contributed by atoms with Crippen molar-refractivity contribution in [3.8, 4) is 11.5 Å². The lowest BCUT2D eigenvalue weighted by atomic mass is 10.2. The summed E-state index contributed by atoms with van der Waals surface area (Å²) in [5, 5.41) is 3.16. The van der Waals surface area contributed by atoms with E-state index in [2.05, 4.69) is 5.32 Å². The summed E-state index contributed by atoms with van der Waals surface area (Å²) in [5.74, 6) is 1.60. The number of para-hydroxylation sites is 1. The number of rotatable bonds is 5. The Morgan fingerprint density at radius 3 is 3.13 bits per heavy atom. The Labute approximate surface area is 88.2 Å². The molecule has 0 saturated carbocycles. The smallest absolute Gasteiger partial charge is 0.231 e. The Kier molecular flexibility index (Phi) is 3.40. The van der Waals surface area contributed by atoms with Crippen molar-refractivity contribution in [3.63, 3.8) is 0 Å². The molecule has 1 aliphatic rings. The molecule has 15 heavy (non-hydrogen) atoms. The first-order chi connectivity index (χ1) is 7.42. The molecule has 0 spiro atoms. The van der Waals surface area contributed by atoms with Crippen LogP contribution in [0.25, 0.3) is 0 Å². The number of fused-ring (bicyclic) bond motifs is 1. The average Bonchev–Trinajstić information content (AvgIpc) is 2.73. The topological polar surface area (TPSA) is 30.5 Å². The van der Waals surface area contributed by atoms with E-state index < -0.39 is 0 Å². The second-order valence-corrected chi connectivity index (χ2v) is 3.37. The first-order valence-electron chi connectivity index (χ1n) is 5.06. The second-order valence-electron chi connectivity index (χ2n) is 3.37. The quantitative estimate of drug-likeness (QED) is 0.754. The fourth-order valence-electron chi connectivity index (χ4n) is 1.54. The highest BCUT2D eigenvalue weighted by atomic mass is 19.1. The van der Waals surface area contributed by atoms with Crippen LogP contribution in [0.5, 0.6) is 11.5 Å². The van der Waals surface area contributed by atoms with Crippen molar-refractivity contribution < 1.29 is 13.9 Å². The zero-order chi connectivity index (χ0) is 10.5. The highest BCUT2D eigenvalue weighted by Gasteiger charge is 2.16. The van der Waals surface area contributed by atoms with Crippen LogP contribution in [0.4, 0.5) is 4.39 Å². The standard InChI is InChI=1S/C11H14FNO2/c12-5-2-6-13-7-9-3-1-4-10-11(9)15-8-14-10/h1,3-4,13H,2,5-8H2. The van der Waals surface area contributed by atoms with Gasteiger partial charge in [0, 0.05) is 12.1 Å². The molecule has 0 saturated heterocycles. The van der Waals surface area contributed by atoms with E-state index >= 15 is 0 Å². The predicted octanol–water partition coefficient (Wildman–Crippen LogP) is 1.86. The van der Waals surface area contributed by atoms with Crippen molar-refractivity contribution >= 4 is 0 Å². The molecule has 82 valence electrons. The van der Waals surface area contributed by atoms with Crippen molar-refractivity contribution in [2.24, 2.45) is 0 Å². The third-order valence-electron chi connectivity index (χ3n) is 2.28. The Bertz CT molecular complexity index is 330. The van der Waals surface area contributed by atoms with Crippen molar-refractivity contribution in [2.75, 3.05) is 20.0 Å². The van der Waals surface area contributed by atoms with Gasteiger partial charge in [-0.05, 0) is 19.0 Å². The van der Waals surface area contributed by atoms with Gasteiger partial charge in [-0.1, -0.05) is 12.1 Å². The van der Waals surface area contributed by atoms with E-state index in [0.29, 0.717) is 19.5 Å². The van der Waals surface area contributed by atoms with Gasteiger partial charge in [0.25, 0.3) is 0 Å². The van der Waals surface area contributed by atoms with Crippen LogP contribution in [0.2, 0.25) is 0 Å². The van der Waals surface area contributed by atoms with E-state index in [4.69, 9.17) is 9.47 Å². The maximum absolute atomic E-state index is 11.9. The van der Waals surface area contributed by atoms with Gasteiger partial charge in [0.05, 0.1) is 6.67 Å². The first-order valence-corrected chi connectivity index (χ1v) is 5.06. The number of hydrogen-bond acceptors (Lipinski definition) is 3. The lowest BCUT2D eigenvalue weighted by Crippen LogP contribution is -2.15. The molecule has 0 aromatic heterocycles. The van der Waals surface area contributed by atoms with Gasteiger partial charge >= 0.3 is 0 Å². The fourth-order valence-corrected chi connectivity index (χ4v) is 1.54. The fraction of sp³-hybridized carbons (Fsp3) is 0.455. The Morgan fingerprint density at radius 1 is 1.33 bits per heavy atom. The molecule has 0 atom stereocenters. The summed E-state index contributed by atoms with van der Waals surface area (Å²) in [7, 11) is 0. The third-order valence-corrected chi connectivity index (χ3v) is 2.28. The summed E-state index contributed by atoms with van der Waals surface area (Å²) >= 11 is 0. The molecule has 0 unspecified atom stereocenters. The highest BCUT2D eigenvalue weighted by molar-refractivity contribution is 5.47. The van der Waals surface area contributed by atoms with Crippen LogP contribution in [0.1, 0.15) is 12.0 Å². The Hall–Kier alpha value is -1.29. The summed E-state index contributed by atoms with van der Waals surface area (Å²) in [6.07, 6.45) is 0.548. The molecular formula is C11H14FNO2. The number of halogens is 1. The van der Waals surface area contributed by atoms with Crippen LogP contribution in [0, 0.1) is 0 Å². The molecule has 4 heteroatoms. The summed E-state index contributed by atoms with van der Waals surface area (Å²) in [6.45, 7) is 1.38. The molecule has 0 amide bonds. The van der Waals surface area contributed by atoms with Crippen molar-refractivity contribution in [1.29, 1.82) is 0 Å². The maximum Gasteiger partial charge on any atom is 0.231 e. The SMILES string of the molecule is FCCCNCc1cccc2c1OCO2. The van der Waals surface area contributed by atoms with Crippen LogP contribution >= 0.6 is 0 Å². The molecule has 0 fully saturated rings. The van der Waals surface area contributed by atoms with Gasteiger partial charge in [0.1, 0.15) is 0 Å². The number of benzene rings is 1. The van der Waals surface area contributed by atoms with Crippen LogP contribution in [-0.2, 0) is 6.54 Å². The van der Waals surface area contributed by atoms with Crippen LogP contribution in [0.15, 0.2) is 18.2 Å². The largest absolute Gasteiger partial charge is 0.454 e. The predicted molar refractivity (Wildman–Crippen MR) is 54.9 cm³/mol. The molecule has 2 rings (SSSR count). The highest BCUT2D eigenvalue weighted by Crippen LogP contribution is 2.35.